The second-order valence-corrected chi connectivity index (χ2v) is 7.99. The fourth-order valence-electron chi connectivity index (χ4n) is 4.62. The molecule has 162 valence electrons. The van der Waals surface area contributed by atoms with Crippen LogP contribution in [0.15, 0.2) is 62.5 Å². The molecule has 0 fully saturated rings. The van der Waals surface area contributed by atoms with Crippen molar-refractivity contribution in [1.29, 1.82) is 0 Å². The minimum absolute atomic E-state index is 0.115. The monoisotopic (exact) mass is 431 g/mol. The van der Waals surface area contributed by atoms with Crippen LogP contribution in [0.5, 0.6) is 5.75 Å². The summed E-state index contributed by atoms with van der Waals surface area (Å²) in [6.07, 6.45) is 1.46. The molecule has 0 saturated heterocycles. The first-order chi connectivity index (χ1) is 15.5. The Kier molecular flexibility index (Phi) is 4.81. The van der Waals surface area contributed by atoms with Gasteiger partial charge >= 0.3 is 5.97 Å². The van der Waals surface area contributed by atoms with Crippen LogP contribution in [0.25, 0.3) is 21.9 Å². The Bertz CT molecular complexity index is 1500. The number of hydrogen-bond acceptors (Lipinski definition) is 6. The van der Waals surface area contributed by atoms with Crippen molar-refractivity contribution in [3.63, 3.8) is 0 Å². The van der Waals surface area contributed by atoms with E-state index in [2.05, 4.69) is 0 Å². The first-order valence-corrected chi connectivity index (χ1v) is 10.5. The number of aromatic hydroxyl groups is 1. The molecule has 0 bridgehead atoms. The molecule has 32 heavy (non-hydrogen) atoms. The van der Waals surface area contributed by atoms with E-state index in [9.17, 15) is 19.5 Å². The van der Waals surface area contributed by atoms with Crippen LogP contribution in [0.4, 0.5) is 0 Å². The topological polar surface area (TPSA) is 98.7 Å². The van der Waals surface area contributed by atoms with Gasteiger partial charge in [-0.2, -0.15) is 0 Å². The van der Waals surface area contributed by atoms with Gasteiger partial charge in [0.25, 0.3) is 5.56 Å². The Balaban J connectivity index is 1.81. The number of hydrogen-bond donors (Lipinski definition) is 1. The fourth-order valence-corrected chi connectivity index (χ4v) is 4.62. The summed E-state index contributed by atoms with van der Waals surface area (Å²) < 4.78 is 12.5. The lowest BCUT2D eigenvalue weighted by atomic mass is 9.90. The molecule has 0 spiro atoms. The lowest BCUT2D eigenvalue weighted by molar-refractivity contribution is -0.140. The van der Waals surface area contributed by atoms with Gasteiger partial charge in [0.15, 0.2) is 5.76 Å². The number of methoxy groups -OCH3 is 1. The first kappa shape index (κ1) is 20.1. The van der Waals surface area contributed by atoms with Gasteiger partial charge in [-0.3, -0.25) is 14.4 Å². The number of benzene rings is 2. The molecule has 1 unspecified atom stereocenters. The number of rotatable bonds is 4. The molecule has 2 aromatic carbocycles. The van der Waals surface area contributed by atoms with Crippen molar-refractivity contribution in [2.75, 3.05) is 7.11 Å². The summed E-state index contributed by atoms with van der Waals surface area (Å²) in [6.45, 7) is 0.554. The molecule has 7 heteroatoms. The second kappa shape index (κ2) is 7.67. The van der Waals surface area contributed by atoms with Gasteiger partial charge in [0, 0.05) is 12.1 Å². The molecule has 4 aromatic rings. The van der Waals surface area contributed by atoms with Crippen molar-refractivity contribution < 1.29 is 19.1 Å². The zero-order valence-electron chi connectivity index (χ0n) is 17.5. The van der Waals surface area contributed by atoms with E-state index in [1.807, 2.05) is 18.2 Å². The number of aryl methyl sites for hydroxylation is 2. The van der Waals surface area contributed by atoms with E-state index in [1.165, 1.54) is 7.11 Å². The standard InChI is InChI=1S/C25H21NO6/c1-31-20(27)13-17(24-23(29)22(28)16-9-2-3-10-19(16)32-24)18-12-15-7-4-6-14-8-5-11-26(21(14)15)25(18)30/h2-4,6-7,9-10,12,17,29H,5,8,11,13H2,1H3. The molecule has 0 aliphatic carbocycles. The Morgan fingerprint density at radius 2 is 2.00 bits per heavy atom. The van der Waals surface area contributed by atoms with E-state index in [0.29, 0.717) is 6.54 Å². The van der Waals surface area contributed by atoms with Gasteiger partial charge in [-0.1, -0.05) is 30.3 Å². The lowest BCUT2D eigenvalue weighted by Crippen LogP contribution is -2.30. The first-order valence-electron chi connectivity index (χ1n) is 10.5. The van der Waals surface area contributed by atoms with Crippen molar-refractivity contribution in [3.05, 3.63) is 86.0 Å². The predicted octanol–water partition coefficient (Wildman–Crippen LogP) is 3.45. The third-order valence-electron chi connectivity index (χ3n) is 6.14. The smallest absolute Gasteiger partial charge is 0.306 e. The number of carbonyl (C=O) groups is 1. The molecule has 0 saturated carbocycles. The maximum Gasteiger partial charge on any atom is 0.306 e. The quantitative estimate of drug-likeness (QED) is 0.497. The third-order valence-corrected chi connectivity index (χ3v) is 6.14. The number of pyridine rings is 1. The number of ether oxygens (including phenoxy) is 1. The molecule has 5 rings (SSSR count). The zero-order valence-corrected chi connectivity index (χ0v) is 17.5. The molecule has 1 atom stereocenters. The number of carbonyl (C=O) groups excluding carboxylic acids is 1. The van der Waals surface area contributed by atoms with E-state index in [4.69, 9.17) is 9.15 Å². The molecule has 7 nitrogen and oxygen atoms in total. The van der Waals surface area contributed by atoms with Crippen LogP contribution >= 0.6 is 0 Å². The van der Waals surface area contributed by atoms with Gasteiger partial charge in [0.2, 0.25) is 11.2 Å². The Labute approximate surface area is 182 Å². The van der Waals surface area contributed by atoms with Crippen molar-refractivity contribution in [3.8, 4) is 5.75 Å². The summed E-state index contributed by atoms with van der Waals surface area (Å²) in [4.78, 5) is 38.6. The van der Waals surface area contributed by atoms with Crippen LogP contribution < -0.4 is 11.0 Å². The van der Waals surface area contributed by atoms with Crippen molar-refractivity contribution >= 4 is 27.8 Å². The summed E-state index contributed by atoms with van der Waals surface area (Å²) in [5.41, 5.74) is 1.64. The number of aromatic nitrogens is 1. The van der Waals surface area contributed by atoms with Crippen LogP contribution in [0, 0.1) is 0 Å². The van der Waals surface area contributed by atoms with E-state index in [1.54, 1.807) is 34.9 Å². The Hall–Kier alpha value is -3.87. The highest BCUT2D eigenvalue weighted by atomic mass is 16.5. The summed E-state index contributed by atoms with van der Waals surface area (Å²) >= 11 is 0. The van der Waals surface area contributed by atoms with Crippen molar-refractivity contribution in [2.24, 2.45) is 0 Å². The van der Waals surface area contributed by atoms with E-state index in [-0.39, 0.29) is 34.3 Å². The van der Waals surface area contributed by atoms with Gasteiger partial charge in [-0.15, -0.1) is 0 Å². The van der Waals surface area contributed by atoms with Crippen LogP contribution in [0.1, 0.15) is 35.6 Å². The molecule has 1 aliphatic heterocycles. The van der Waals surface area contributed by atoms with Crippen LogP contribution in [-0.2, 0) is 22.5 Å². The van der Waals surface area contributed by atoms with Gasteiger partial charge in [-0.05, 0) is 42.0 Å². The summed E-state index contributed by atoms with van der Waals surface area (Å²) in [5.74, 6) is -2.29. The summed E-state index contributed by atoms with van der Waals surface area (Å²) in [7, 11) is 1.25. The number of nitrogens with zero attached hydrogens (tertiary/aromatic N) is 1. The highest BCUT2D eigenvalue weighted by Crippen LogP contribution is 2.35. The molecule has 2 aromatic heterocycles. The van der Waals surface area contributed by atoms with E-state index in [0.717, 1.165) is 29.3 Å². The average molecular weight is 431 g/mol. The molecule has 0 amide bonds. The minimum atomic E-state index is -0.981. The second-order valence-electron chi connectivity index (χ2n) is 7.99. The average Bonchev–Trinajstić information content (AvgIpc) is 2.82. The third kappa shape index (κ3) is 3.09. The molecule has 1 N–H and O–H groups in total. The maximum atomic E-state index is 13.6. The summed E-state index contributed by atoms with van der Waals surface area (Å²) in [6, 6.07) is 14.1. The van der Waals surface area contributed by atoms with Gasteiger partial charge in [0.1, 0.15) is 5.58 Å². The van der Waals surface area contributed by atoms with Gasteiger partial charge in [0.05, 0.1) is 30.4 Å². The normalized spacial score (nSPS) is 13.9. The zero-order chi connectivity index (χ0) is 22.4. The predicted molar refractivity (Wildman–Crippen MR) is 119 cm³/mol. The minimum Gasteiger partial charge on any atom is -0.502 e. The Morgan fingerprint density at radius 3 is 2.81 bits per heavy atom. The molecule has 0 radical (unpaired) electrons. The number of para-hydroxylation sites is 2. The number of esters is 1. The summed E-state index contributed by atoms with van der Waals surface area (Å²) in [5, 5.41) is 11.8. The van der Waals surface area contributed by atoms with Crippen LogP contribution in [0.2, 0.25) is 0 Å². The highest BCUT2D eigenvalue weighted by Gasteiger charge is 2.30. The fraction of sp³-hybridized carbons (Fsp3) is 0.240. The Morgan fingerprint density at radius 1 is 1.19 bits per heavy atom. The van der Waals surface area contributed by atoms with Crippen LogP contribution in [0.3, 0.4) is 0 Å². The lowest BCUT2D eigenvalue weighted by Gasteiger charge is -2.23. The molecule has 3 heterocycles. The van der Waals surface area contributed by atoms with E-state index < -0.39 is 23.1 Å². The van der Waals surface area contributed by atoms with Crippen molar-refractivity contribution in [1.82, 2.24) is 4.57 Å². The molecular formula is C25H21NO6. The van der Waals surface area contributed by atoms with E-state index >= 15 is 0 Å². The highest BCUT2D eigenvalue weighted by molar-refractivity contribution is 5.84. The van der Waals surface area contributed by atoms with Gasteiger partial charge < -0.3 is 18.8 Å². The molecular weight excluding hydrogens is 410 g/mol. The maximum absolute atomic E-state index is 13.6. The van der Waals surface area contributed by atoms with Crippen molar-refractivity contribution in [2.45, 2.75) is 31.7 Å². The van der Waals surface area contributed by atoms with Crippen LogP contribution in [-0.4, -0.2) is 22.8 Å². The SMILES string of the molecule is COC(=O)CC(c1oc2ccccc2c(=O)c1O)c1cc2cccc3c2n(c1=O)CCC3. The van der Waals surface area contributed by atoms with Gasteiger partial charge in [-0.25, -0.2) is 0 Å². The largest absolute Gasteiger partial charge is 0.502 e. The number of fused-ring (bicyclic) bond motifs is 1. The molecule has 1 aliphatic rings.